The van der Waals surface area contributed by atoms with E-state index in [0.29, 0.717) is 0 Å². The molecule has 1 aliphatic carbocycles. The molecule has 0 radical (unpaired) electrons. The second kappa shape index (κ2) is 0.973. The third-order valence-electron chi connectivity index (χ3n) is 1.40. The van der Waals surface area contributed by atoms with Crippen molar-refractivity contribution in [3.05, 3.63) is 29.1 Å². The SMILES string of the molecule is b1c2cccc1C2. The first kappa shape index (κ1) is 3.42. The molecule has 1 aromatic rings. The van der Waals surface area contributed by atoms with Gasteiger partial charge < -0.3 is 0 Å². The Morgan fingerprint density at radius 1 is 1.29 bits per heavy atom. The second-order valence-corrected chi connectivity index (χ2v) is 2.00. The fourth-order valence-electron chi connectivity index (χ4n) is 0.954. The minimum atomic E-state index is 1.22. The predicted molar refractivity (Wildman–Crippen MR) is 30.6 cm³/mol. The summed E-state index contributed by atoms with van der Waals surface area (Å²) < 4.78 is 0. The third-order valence-corrected chi connectivity index (χ3v) is 1.40. The van der Waals surface area contributed by atoms with E-state index in [-0.39, 0.29) is 0 Å². The molecule has 0 amide bonds. The van der Waals surface area contributed by atoms with Crippen molar-refractivity contribution in [2.24, 2.45) is 0 Å². The van der Waals surface area contributed by atoms with E-state index in [2.05, 4.69) is 25.1 Å². The summed E-state index contributed by atoms with van der Waals surface area (Å²) in [5, 5.41) is 0. The van der Waals surface area contributed by atoms with Gasteiger partial charge in [-0.3, -0.25) is 0 Å². The molecule has 1 heteroatoms. The van der Waals surface area contributed by atoms with Crippen molar-refractivity contribution >= 4 is 6.91 Å². The Bertz CT molecular complexity index is 168. The van der Waals surface area contributed by atoms with E-state index in [1.54, 1.807) is 0 Å². The Hall–Kier alpha value is -0.585. The molecule has 7 heavy (non-hydrogen) atoms. The summed E-state index contributed by atoms with van der Waals surface area (Å²) in [5.41, 5.74) is 2.97. The van der Waals surface area contributed by atoms with E-state index in [1.807, 2.05) is 0 Å². The predicted octanol–water partition coefficient (Wildman–Crippen LogP) is 0.929. The average Bonchev–Trinajstić information content (AvgIpc) is 1.67. The zero-order chi connectivity index (χ0) is 4.69. The van der Waals surface area contributed by atoms with Crippen LogP contribution in [0.1, 0.15) is 10.9 Å². The van der Waals surface area contributed by atoms with Crippen molar-refractivity contribution in [3.63, 3.8) is 0 Å². The summed E-state index contributed by atoms with van der Waals surface area (Å²) >= 11 is 0. The van der Waals surface area contributed by atoms with Crippen LogP contribution in [0.5, 0.6) is 0 Å². The van der Waals surface area contributed by atoms with Gasteiger partial charge in [-0.2, -0.15) is 0 Å². The van der Waals surface area contributed by atoms with Gasteiger partial charge in [-0.1, -0.05) is 0 Å². The minimum absolute atomic E-state index is 1.22. The van der Waals surface area contributed by atoms with Crippen LogP contribution >= 0.6 is 0 Å². The second-order valence-electron chi connectivity index (χ2n) is 2.00. The maximum atomic E-state index is 2.22. The van der Waals surface area contributed by atoms with Gasteiger partial charge in [0.2, 0.25) is 0 Å². The van der Waals surface area contributed by atoms with Crippen LogP contribution in [-0.2, 0) is 6.42 Å². The number of fused-ring (bicyclic) bond motifs is 2. The summed E-state index contributed by atoms with van der Waals surface area (Å²) in [5.74, 6) is 0. The van der Waals surface area contributed by atoms with Crippen LogP contribution in [0.15, 0.2) is 18.2 Å². The van der Waals surface area contributed by atoms with Crippen molar-refractivity contribution in [1.82, 2.24) is 0 Å². The van der Waals surface area contributed by atoms with Gasteiger partial charge in [0.1, 0.15) is 0 Å². The Balaban J connectivity index is 2.78. The van der Waals surface area contributed by atoms with E-state index in [4.69, 9.17) is 0 Å². The first-order chi connectivity index (χ1) is 3.45. The van der Waals surface area contributed by atoms with Crippen molar-refractivity contribution in [2.75, 3.05) is 0 Å². The molecule has 1 aliphatic heterocycles. The fourth-order valence-corrected chi connectivity index (χ4v) is 0.954. The first-order valence-corrected chi connectivity index (χ1v) is 2.53. The quantitative estimate of drug-likeness (QED) is 0.449. The third kappa shape index (κ3) is 0.351. The molecule has 0 nitrogen and oxygen atoms in total. The normalized spacial score (nSPS) is 12.6. The van der Waals surface area contributed by atoms with Gasteiger partial charge in [0.15, 0.2) is 0 Å². The summed E-state index contributed by atoms with van der Waals surface area (Å²) in [4.78, 5) is 0. The molecule has 2 bridgehead atoms. The molecule has 1 aromatic heterocycles. The van der Waals surface area contributed by atoms with Crippen molar-refractivity contribution in [1.29, 1.82) is 0 Å². The average molecular weight is 87.9 g/mol. The number of rotatable bonds is 0. The topological polar surface area (TPSA) is 0 Å². The van der Waals surface area contributed by atoms with Crippen molar-refractivity contribution < 1.29 is 0 Å². The molecule has 0 spiro atoms. The van der Waals surface area contributed by atoms with Gasteiger partial charge in [0, 0.05) is 0 Å². The summed E-state index contributed by atoms with van der Waals surface area (Å²) in [6.45, 7) is 2.22. The molecule has 2 heterocycles. The van der Waals surface area contributed by atoms with Crippen LogP contribution in [0.25, 0.3) is 0 Å². The van der Waals surface area contributed by atoms with Gasteiger partial charge in [-0.05, 0) is 0 Å². The summed E-state index contributed by atoms with van der Waals surface area (Å²) in [7, 11) is 0. The molecular formula is C6H5B. The van der Waals surface area contributed by atoms with Crippen molar-refractivity contribution in [2.45, 2.75) is 6.42 Å². The Kier molecular flexibility index (Phi) is 0.476. The molecule has 2 aliphatic rings. The molecule has 0 fully saturated rings. The summed E-state index contributed by atoms with van der Waals surface area (Å²) in [6.07, 6.45) is 1.22. The molecule has 0 atom stereocenters. The van der Waals surface area contributed by atoms with E-state index in [9.17, 15) is 0 Å². The van der Waals surface area contributed by atoms with Crippen LogP contribution in [0.2, 0.25) is 0 Å². The van der Waals surface area contributed by atoms with Crippen LogP contribution in [0.4, 0.5) is 0 Å². The molecule has 0 N–H and O–H groups in total. The molecule has 0 saturated heterocycles. The van der Waals surface area contributed by atoms with Gasteiger partial charge in [-0.15, -0.1) is 0 Å². The van der Waals surface area contributed by atoms with E-state index in [0.717, 1.165) is 0 Å². The van der Waals surface area contributed by atoms with Crippen LogP contribution in [0, 0.1) is 0 Å². The van der Waals surface area contributed by atoms with Gasteiger partial charge >= 0.3 is 42.4 Å². The van der Waals surface area contributed by atoms with Crippen LogP contribution in [0.3, 0.4) is 0 Å². The zero-order valence-corrected chi connectivity index (χ0v) is 4.02. The Morgan fingerprint density at radius 3 is 2.00 bits per heavy atom. The monoisotopic (exact) mass is 88.0 g/mol. The summed E-state index contributed by atoms with van der Waals surface area (Å²) in [6, 6.07) is 6.42. The zero-order valence-electron chi connectivity index (χ0n) is 4.02. The van der Waals surface area contributed by atoms with Gasteiger partial charge in [0.05, 0.1) is 0 Å². The molecule has 0 aromatic carbocycles. The first-order valence-electron chi connectivity index (χ1n) is 2.53. The molecule has 32 valence electrons. The standard InChI is InChI=1S/C6H5B/c1-2-5-4-6(3-1)7-5/h1-3H,4H2. The number of hydrogen-bond acceptors (Lipinski definition) is 0. The molecule has 0 unspecified atom stereocenters. The van der Waals surface area contributed by atoms with E-state index < -0.39 is 0 Å². The van der Waals surface area contributed by atoms with Gasteiger partial charge in [0.25, 0.3) is 0 Å². The van der Waals surface area contributed by atoms with Crippen LogP contribution in [-0.4, -0.2) is 6.91 Å². The molecule has 3 rings (SSSR count). The van der Waals surface area contributed by atoms with Crippen LogP contribution < -0.4 is 0 Å². The molecular weight excluding hydrogens is 82.9 g/mol. The molecule has 0 saturated carbocycles. The van der Waals surface area contributed by atoms with Gasteiger partial charge in [-0.25, -0.2) is 0 Å². The number of hydrogen-bond donors (Lipinski definition) is 0. The fraction of sp³-hybridized carbons (Fsp3) is 0.167. The van der Waals surface area contributed by atoms with E-state index in [1.165, 1.54) is 17.3 Å². The van der Waals surface area contributed by atoms with Crippen molar-refractivity contribution in [3.8, 4) is 0 Å². The Labute approximate surface area is 43.4 Å². The van der Waals surface area contributed by atoms with E-state index >= 15 is 0 Å². The Morgan fingerprint density at radius 2 is 1.86 bits per heavy atom. The maximum absolute atomic E-state index is 2.22.